The fourth-order valence-corrected chi connectivity index (χ4v) is 10.3. The predicted molar refractivity (Wildman–Crippen MR) is 191 cm³/mol. The molecule has 0 amide bonds. The molecule has 2 fully saturated rings. The zero-order chi connectivity index (χ0) is 34.3. The zero-order valence-corrected chi connectivity index (χ0v) is 28.9. The summed E-state index contributed by atoms with van der Waals surface area (Å²) in [7, 11) is 1.43. The van der Waals surface area contributed by atoms with Gasteiger partial charge in [-0.15, -0.1) is 0 Å². The van der Waals surface area contributed by atoms with Gasteiger partial charge in [0, 0.05) is 64.1 Å². The van der Waals surface area contributed by atoms with Gasteiger partial charge in [-0.2, -0.15) is 0 Å². The van der Waals surface area contributed by atoms with Gasteiger partial charge in [-0.1, -0.05) is 48.0 Å². The third-order valence-corrected chi connectivity index (χ3v) is 12.7. The van der Waals surface area contributed by atoms with E-state index in [0.29, 0.717) is 12.0 Å². The molecule has 0 saturated carbocycles. The van der Waals surface area contributed by atoms with E-state index in [1.54, 1.807) is 6.26 Å². The van der Waals surface area contributed by atoms with Crippen molar-refractivity contribution < 1.29 is 29.1 Å². The second kappa shape index (κ2) is 12.0. The van der Waals surface area contributed by atoms with Crippen LogP contribution in [-0.4, -0.2) is 64.8 Å². The van der Waals surface area contributed by atoms with Crippen LogP contribution in [0.1, 0.15) is 67.7 Å². The average molecular weight is 674 g/mol. The molecule has 2 saturated heterocycles. The molecule has 0 spiro atoms. The maximum Gasteiger partial charge on any atom is 0.337 e. The molecule has 2 aromatic carbocycles. The maximum atomic E-state index is 13.5. The van der Waals surface area contributed by atoms with Crippen molar-refractivity contribution in [1.29, 1.82) is 0 Å². The Hall–Kier alpha value is -4.60. The number of carbonyl (C=O) groups is 2. The van der Waals surface area contributed by atoms with E-state index in [2.05, 4.69) is 83.5 Å². The van der Waals surface area contributed by atoms with Crippen LogP contribution in [0.3, 0.4) is 0 Å². The van der Waals surface area contributed by atoms with E-state index in [0.717, 1.165) is 72.1 Å². The van der Waals surface area contributed by atoms with Crippen LogP contribution < -0.4 is 4.90 Å². The van der Waals surface area contributed by atoms with Crippen LogP contribution >= 0.6 is 0 Å². The lowest BCUT2D eigenvalue weighted by molar-refractivity contribution is -0.894. The van der Waals surface area contributed by atoms with Gasteiger partial charge in [0.25, 0.3) is 0 Å². The number of nitrogens with zero attached hydrogens (tertiary/aromatic N) is 1. The summed E-state index contributed by atoms with van der Waals surface area (Å²) >= 11 is 0. The number of para-hydroxylation sites is 2. The number of piperidine rings is 2. The standard InChI is InChI=1S/C41H44N4O5/c1-4-23-18-44-14-13-26-25-9-5-7-11-33(25)42-38(26)35(44)16-28(23)30(40(46)47)15-24-19-45-20-31-22(2)50-21-32(41(48)49-3)29(31)17-36(45)39-37(24)27-10-6-8-12-34(27)43-39/h4-12,19,21-22,28-31,35-36,42-43H,13-18,20H2,1-3H3,(H,46,47)/p+1/b23-4-/t22-,28?,29-,30-,31?,35-,36?/m0/s1. The summed E-state index contributed by atoms with van der Waals surface area (Å²) in [5, 5.41) is 13.5. The maximum absolute atomic E-state index is 13.5. The number of aliphatic carboxylic acids is 1. The Bertz CT molecular complexity index is 2120. The van der Waals surface area contributed by atoms with E-state index in [1.165, 1.54) is 34.2 Å². The Morgan fingerprint density at radius 3 is 2.58 bits per heavy atom. The molecule has 5 aliphatic rings. The van der Waals surface area contributed by atoms with Crippen molar-refractivity contribution in [3.63, 3.8) is 0 Å². The molecule has 4 unspecified atom stereocenters. The highest BCUT2D eigenvalue weighted by Crippen LogP contribution is 2.49. The Labute approximate surface area is 291 Å². The quantitative estimate of drug-likeness (QED) is 0.160. The highest BCUT2D eigenvalue weighted by atomic mass is 16.5. The van der Waals surface area contributed by atoms with Crippen molar-refractivity contribution >= 4 is 39.3 Å². The van der Waals surface area contributed by atoms with Gasteiger partial charge in [-0.05, 0) is 56.7 Å². The molecule has 0 aliphatic carbocycles. The summed E-state index contributed by atoms with van der Waals surface area (Å²) in [5.74, 6) is -1.58. The number of allylic oxidation sites excluding steroid dienone is 2. The second-order valence-corrected chi connectivity index (χ2v) is 15.0. The SMILES string of the molecule is C/C=C1/CN2CCc3c([nH]c4ccccc34)[C@@H]2CC1[C@H](CC1=C[NH+]2CC3[C@H](C)OC=C(C(=O)OC)[C@H]3CC2c2[nH]c3ccccc3c21)C(=O)O. The summed E-state index contributed by atoms with van der Waals surface area (Å²) in [6.45, 7) is 6.70. The van der Waals surface area contributed by atoms with E-state index in [4.69, 9.17) is 9.47 Å². The number of nitrogens with one attached hydrogen (secondary N) is 3. The van der Waals surface area contributed by atoms with Crippen LogP contribution in [0.25, 0.3) is 27.4 Å². The molecule has 9 heteroatoms. The van der Waals surface area contributed by atoms with Crippen molar-refractivity contribution in [3.05, 3.63) is 101 Å². The number of carboxylic acid groups (broad SMARTS) is 1. The number of aromatic nitrogens is 2. The lowest BCUT2D eigenvalue weighted by Crippen LogP contribution is -3.11. The monoisotopic (exact) mass is 673 g/mol. The van der Waals surface area contributed by atoms with Gasteiger partial charge in [0.1, 0.15) is 12.1 Å². The number of quaternary nitrogens is 1. The third kappa shape index (κ3) is 4.81. The molecule has 9 rings (SSSR count). The summed E-state index contributed by atoms with van der Waals surface area (Å²) in [4.78, 5) is 37.7. The zero-order valence-electron chi connectivity index (χ0n) is 28.9. The van der Waals surface area contributed by atoms with Crippen LogP contribution in [0.5, 0.6) is 0 Å². The summed E-state index contributed by atoms with van der Waals surface area (Å²) < 4.78 is 11.2. The molecular formula is C41H45N4O5+. The highest BCUT2D eigenvalue weighted by Gasteiger charge is 2.50. The van der Waals surface area contributed by atoms with Crippen LogP contribution in [0.4, 0.5) is 0 Å². The Morgan fingerprint density at radius 2 is 1.82 bits per heavy atom. The highest BCUT2D eigenvalue weighted by molar-refractivity contribution is 5.95. The van der Waals surface area contributed by atoms with E-state index in [-0.39, 0.29) is 41.9 Å². The molecule has 2 aromatic heterocycles. The molecular weight excluding hydrogens is 628 g/mol. The number of benzene rings is 2. The number of aromatic amines is 2. The fourth-order valence-electron chi connectivity index (χ4n) is 10.3. The van der Waals surface area contributed by atoms with Gasteiger partial charge in [-0.3, -0.25) is 9.69 Å². The molecule has 50 heavy (non-hydrogen) atoms. The van der Waals surface area contributed by atoms with Gasteiger partial charge >= 0.3 is 11.9 Å². The summed E-state index contributed by atoms with van der Waals surface area (Å²) in [6, 6.07) is 17.2. The van der Waals surface area contributed by atoms with Gasteiger partial charge in [0.15, 0.2) is 0 Å². The number of carbonyl (C=O) groups excluding carboxylic acids is 1. The number of carboxylic acids is 1. The lowest BCUT2D eigenvalue weighted by atomic mass is 9.70. The number of methoxy groups -OCH3 is 1. The smallest absolute Gasteiger partial charge is 0.337 e. The van der Waals surface area contributed by atoms with E-state index >= 15 is 0 Å². The topological polar surface area (TPSA) is 112 Å². The molecule has 0 radical (unpaired) electrons. The number of esters is 1. The van der Waals surface area contributed by atoms with E-state index < -0.39 is 11.9 Å². The molecule has 5 aliphatic heterocycles. The summed E-state index contributed by atoms with van der Waals surface area (Å²) in [5.41, 5.74) is 10.1. The Morgan fingerprint density at radius 1 is 1.08 bits per heavy atom. The van der Waals surface area contributed by atoms with Gasteiger partial charge in [0.05, 0.1) is 55.3 Å². The van der Waals surface area contributed by atoms with Crippen molar-refractivity contribution in [2.45, 2.75) is 57.7 Å². The number of fused-ring (bicyclic) bond motifs is 11. The van der Waals surface area contributed by atoms with Crippen LogP contribution in [0, 0.1) is 23.7 Å². The van der Waals surface area contributed by atoms with Crippen LogP contribution in [-0.2, 0) is 25.5 Å². The van der Waals surface area contributed by atoms with Gasteiger partial charge in [0.2, 0.25) is 0 Å². The molecule has 258 valence electrons. The first-order valence-electron chi connectivity index (χ1n) is 18.2. The minimum absolute atomic E-state index is 0.0217. The normalized spacial score (nSPS) is 30.2. The van der Waals surface area contributed by atoms with Crippen LogP contribution in [0.2, 0.25) is 0 Å². The summed E-state index contributed by atoms with van der Waals surface area (Å²) in [6.07, 6.45) is 9.06. The van der Waals surface area contributed by atoms with Crippen LogP contribution in [0.15, 0.2) is 78.2 Å². The third-order valence-electron chi connectivity index (χ3n) is 12.7. The van der Waals surface area contributed by atoms with Crippen molar-refractivity contribution in [2.24, 2.45) is 23.7 Å². The molecule has 8 atom stereocenters. The molecule has 9 nitrogen and oxygen atoms in total. The average Bonchev–Trinajstić information content (AvgIpc) is 3.72. The number of hydrogen-bond acceptors (Lipinski definition) is 5. The van der Waals surface area contributed by atoms with Crippen molar-refractivity contribution in [2.75, 3.05) is 26.7 Å². The first-order valence-corrected chi connectivity index (χ1v) is 18.2. The first kappa shape index (κ1) is 31.4. The molecule has 0 bridgehead atoms. The van der Waals surface area contributed by atoms with Crippen molar-refractivity contribution in [3.8, 4) is 0 Å². The van der Waals surface area contributed by atoms with Crippen molar-refractivity contribution in [1.82, 2.24) is 14.9 Å². The predicted octanol–water partition coefficient (Wildman–Crippen LogP) is 5.70. The first-order chi connectivity index (χ1) is 24.3. The molecule has 4 N–H and O–H groups in total. The van der Waals surface area contributed by atoms with E-state index in [1.807, 2.05) is 6.07 Å². The van der Waals surface area contributed by atoms with Gasteiger partial charge in [-0.25, -0.2) is 4.79 Å². The Balaban J connectivity index is 1.09. The largest absolute Gasteiger partial charge is 0.497 e. The Kier molecular flexibility index (Phi) is 7.55. The molecule has 4 aromatic rings. The number of hydrogen-bond donors (Lipinski definition) is 4. The minimum Gasteiger partial charge on any atom is -0.497 e. The minimum atomic E-state index is -0.740. The second-order valence-electron chi connectivity index (χ2n) is 15.0. The van der Waals surface area contributed by atoms with E-state index in [9.17, 15) is 14.7 Å². The number of ether oxygens (including phenoxy) is 2. The fraction of sp³-hybridized carbons (Fsp3) is 0.415. The molecule has 7 heterocycles. The number of rotatable bonds is 5. The number of H-pyrrole nitrogens is 2. The lowest BCUT2D eigenvalue weighted by Gasteiger charge is -2.46. The van der Waals surface area contributed by atoms with Gasteiger partial charge < -0.3 is 29.4 Å².